The van der Waals surface area contributed by atoms with Crippen molar-refractivity contribution in [3.8, 4) is 6.07 Å². The third kappa shape index (κ3) is 3.76. The van der Waals surface area contributed by atoms with Crippen LogP contribution in [0.3, 0.4) is 0 Å². The van der Waals surface area contributed by atoms with Gasteiger partial charge in [-0.15, -0.1) is 12.4 Å². The Morgan fingerprint density at radius 1 is 1.50 bits per heavy atom. The van der Waals surface area contributed by atoms with E-state index in [1.807, 2.05) is 6.92 Å². The third-order valence-corrected chi connectivity index (χ3v) is 5.72. The molecule has 0 aliphatic carbocycles. The van der Waals surface area contributed by atoms with Gasteiger partial charge in [0.05, 0.1) is 10.5 Å². The first-order chi connectivity index (χ1) is 9.86. The maximum Gasteiger partial charge on any atom is 0.243 e. The lowest BCUT2D eigenvalue weighted by Crippen LogP contribution is -2.44. The number of nitriles is 1. The Kier molecular flexibility index (Phi) is 6.32. The Balaban J connectivity index is 0.00000242. The average Bonchev–Trinajstić information content (AvgIpc) is 2.47. The highest BCUT2D eigenvalue weighted by atomic mass is 35.5. The normalized spacial score (nSPS) is 20.7. The number of sulfonamides is 1. The first-order valence-electron chi connectivity index (χ1n) is 6.81. The van der Waals surface area contributed by atoms with Gasteiger partial charge in [-0.25, -0.2) is 12.8 Å². The molecule has 122 valence electrons. The molecule has 1 aliphatic heterocycles. The van der Waals surface area contributed by atoms with Crippen LogP contribution in [0.4, 0.5) is 4.39 Å². The van der Waals surface area contributed by atoms with Crippen LogP contribution in [-0.4, -0.2) is 31.9 Å². The third-order valence-electron chi connectivity index (χ3n) is 3.86. The lowest BCUT2D eigenvalue weighted by molar-refractivity contribution is 0.243. The molecule has 0 radical (unpaired) electrons. The van der Waals surface area contributed by atoms with Gasteiger partial charge in [-0.1, -0.05) is 0 Å². The lowest BCUT2D eigenvalue weighted by Gasteiger charge is -2.33. The number of benzene rings is 1. The molecule has 1 saturated heterocycles. The Morgan fingerprint density at radius 2 is 2.18 bits per heavy atom. The molecule has 2 rings (SSSR count). The zero-order chi connectivity index (χ0) is 15.6. The maximum absolute atomic E-state index is 13.3. The summed E-state index contributed by atoms with van der Waals surface area (Å²) in [5, 5.41) is 8.82. The molecule has 1 heterocycles. The average molecular weight is 348 g/mol. The van der Waals surface area contributed by atoms with Gasteiger partial charge in [0.15, 0.2) is 0 Å². The Labute approximate surface area is 136 Å². The zero-order valence-corrected chi connectivity index (χ0v) is 13.8. The number of hydrogen-bond acceptors (Lipinski definition) is 4. The van der Waals surface area contributed by atoms with Gasteiger partial charge in [0, 0.05) is 19.1 Å². The van der Waals surface area contributed by atoms with E-state index in [0.29, 0.717) is 13.1 Å². The van der Waals surface area contributed by atoms with Crippen molar-refractivity contribution in [2.45, 2.75) is 30.7 Å². The number of nitrogens with zero attached hydrogens (tertiary/aromatic N) is 2. The van der Waals surface area contributed by atoms with Gasteiger partial charge in [-0.2, -0.15) is 9.57 Å². The predicted molar refractivity (Wildman–Crippen MR) is 83.5 cm³/mol. The topological polar surface area (TPSA) is 87.2 Å². The van der Waals surface area contributed by atoms with Crippen molar-refractivity contribution in [3.05, 3.63) is 29.6 Å². The van der Waals surface area contributed by atoms with E-state index in [-0.39, 0.29) is 34.8 Å². The molecular weight excluding hydrogens is 329 g/mol. The van der Waals surface area contributed by atoms with Gasteiger partial charge < -0.3 is 5.73 Å². The minimum Gasteiger partial charge on any atom is -0.328 e. The summed E-state index contributed by atoms with van der Waals surface area (Å²) >= 11 is 0. The van der Waals surface area contributed by atoms with Crippen molar-refractivity contribution in [2.24, 2.45) is 11.7 Å². The molecule has 0 spiro atoms. The monoisotopic (exact) mass is 347 g/mol. The minimum absolute atomic E-state index is 0. The molecule has 0 amide bonds. The standard InChI is InChI=1S/C14H18FN3O2S.ClH/c1-10(17)11-3-2-6-18(9-11)21(19,20)13-4-5-14(15)12(7-13)8-16;/h4-5,7,10-11H,2-3,6,9,17H2,1H3;1H. The predicted octanol–water partition coefficient (Wildman–Crippen LogP) is 1.87. The number of nitrogens with two attached hydrogens (primary N) is 1. The number of halogens is 2. The smallest absolute Gasteiger partial charge is 0.243 e. The summed E-state index contributed by atoms with van der Waals surface area (Å²) in [6, 6.07) is 4.87. The number of rotatable bonds is 3. The summed E-state index contributed by atoms with van der Waals surface area (Å²) in [7, 11) is -3.72. The molecule has 8 heteroatoms. The largest absolute Gasteiger partial charge is 0.328 e. The maximum atomic E-state index is 13.3. The molecule has 5 nitrogen and oxygen atoms in total. The fourth-order valence-corrected chi connectivity index (χ4v) is 4.08. The SMILES string of the molecule is CC(N)C1CCCN(S(=O)(=O)c2ccc(F)c(C#N)c2)C1.Cl. The van der Waals surface area contributed by atoms with E-state index in [2.05, 4.69) is 0 Å². The quantitative estimate of drug-likeness (QED) is 0.904. The summed E-state index contributed by atoms with van der Waals surface area (Å²) < 4.78 is 39.9. The highest BCUT2D eigenvalue weighted by Crippen LogP contribution is 2.25. The van der Waals surface area contributed by atoms with Crippen molar-refractivity contribution in [1.29, 1.82) is 5.26 Å². The fraction of sp³-hybridized carbons (Fsp3) is 0.500. The van der Waals surface area contributed by atoms with Crippen LogP contribution >= 0.6 is 12.4 Å². The summed E-state index contributed by atoms with van der Waals surface area (Å²) in [5.74, 6) is -0.604. The van der Waals surface area contributed by atoms with Crippen LogP contribution in [-0.2, 0) is 10.0 Å². The molecule has 2 N–H and O–H groups in total. The molecule has 0 saturated carbocycles. The summed E-state index contributed by atoms with van der Waals surface area (Å²) in [6.45, 7) is 2.65. The first kappa shape index (κ1) is 18.8. The van der Waals surface area contributed by atoms with Gasteiger partial charge in [0.25, 0.3) is 0 Å². The van der Waals surface area contributed by atoms with Crippen LogP contribution in [0.1, 0.15) is 25.3 Å². The van der Waals surface area contributed by atoms with Crippen molar-refractivity contribution in [1.82, 2.24) is 4.31 Å². The Morgan fingerprint density at radius 3 is 2.77 bits per heavy atom. The Hall–Kier alpha value is -1.20. The van der Waals surface area contributed by atoms with Crippen LogP contribution in [0.15, 0.2) is 23.1 Å². The fourth-order valence-electron chi connectivity index (χ4n) is 2.52. The van der Waals surface area contributed by atoms with Crippen LogP contribution in [0.25, 0.3) is 0 Å². The summed E-state index contributed by atoms with van der Waals surface area (Å²) in [4.78, 5) is -0.0502. The molecule has 1 aliphatic rings. The molecule has 1 aromatic rings. The van der Waals surface area contributed by atoms with Gasteiger partial charge in [0.2, 0.25) is 10.0 Å². The van der Waals surface area contributed by atoms with E-state index in [1.165, 1.54) is 10.4 Å². The summed E-state index contributed by atoms with van der Waals surface area (Å²) in [5.41, 5.74) is 5.60. The molecule has 0 aromatic heterocycles. The molecule has 1 aromatic carbocycles. The second-order valence-electron chi connectivity index (χ2n) is 5.38. The molecular formula is C14H19ClFN3O2S. The lowest BCUT2D eigenvalue weighted by atomic mass is 9.93. The van der Waals surface area contributed by atoms with E-state index in [1.54, 1.807) is 6.07 Å². The van der Waals surface area contributed by atoms with E-state index in [4.69, 9.17) is 11.0 Å². The van der Waals surface area contributed by atoms with Crippen LogP contribution in [0, 0.1) is 23.1 Å². The molecule has 0 bridgehead atoms. The van der Waals surface area contributed by atoms with Crippen LogP contribution in [0.5, 0.6) is 0 Å². The van der Waals surface area contributed by atoms with E-state index < -0.39 is 15.8 Å². The van der Waals surface area contributed by atoms with Gasteiger partial charge in [-0.3, -0.25) is 0 Å². The van der Waals surface area contributed by atoms with Gasteiger partial charge in [0.1, 0.15) is 11.9 Å². The molecule has 22 heavy (non-hydrogen) atoms. The number of piperidine rings is 1. The second kappa shape index (κ2) is 7.38. The van der Waals surface area contributed by atoms with Gasteiger partial charge in [-0.05, 0) is 43.9 Å². The Bertz CT molecular complexity index is 673. The van der Waals surface area contributed by atoms with Crippen LogP contribution in [0.2, 0.25) is 0 Å². The summed E-state index contributed by atoms with van der Waals surface area (Å²) in [6.07, 6.45) is 1.65. The van der Waals surface area contributed by atoms with Crippen molar-refractivity contribution in [2.75, 3.05) is 13.1 Å². The minimum atomic E-state index is -3.72. The van der Waals surface area contributed by atoms with Crippen molar-refractivity contribution < 1.29 is 12.8 Å². The molecule has 2 unspecified atom stereocenters. The van der Waals surface area contributed by atoms with E-state index >= 15 is 0 Å². The second-order valence-corrected chi connectivity index (χ2v) is 7.32. The highest BCUT2D eigenvalue weighted by molar-refractivity contribution is 7.89. The molecule has 2 atom stereocenters. The number of hydrogen-bond donors (Lipinski definition) is 1. The van der Waals surface area contributed by atoms with Crippen molar-refractivity contribution in [3.63, 3.8) is 0 Å². The van der Waals surface area contributed by atoms with Gasteiger partial charge >= 0.3 is 0 Å². The van der Waals surface area contributed by atoms with E-state index in [0.717, 1.165) is 25.0 Å². The first-order valence-corrected chi connectivity index (χ1v) is 8.25. The van der Waals surface area contributed by atoms with Crippen LogP contribution < -0.4 is 5.73 Å². The highest BCUT2D eigenvalue weighted by Gasteiger charge is 2.31. The van der Waals surface area contributed by atoms with E-state index in [9.17, 15) is 12.8 Å². The van der Waals surface area contributed by atoms with Crippen molar-refractivity contribution >= 4 is 22.4 Å². The zero-order valence-electron chi connectivity index (χ0n) is 12.2. The molecule has 1 fully saturated rings.